The largest absolute Gasteiger partial charge is 0.468 e. The second-order valence-electron chi connectivity index (χ2n) is 3.53. The van der Waals surface area contributed by atoms with Gasteiger partial charge in [0.05, 0.1) is 19.4 Å². The smallest absolute Gasteiger partial charge is 0.325 e. The Hall–Kier alpha value is -1.42. The second-order valence-corrected chi connectivity index (χ2v) is 4.21. The van der Waals surface area contributed by atoms with Crippen molar-refractivity contribution in [2.75, 3.05) is 31.7 Å². The van der Waals surface area contributed by atoms with E-state index in [1.165, 1.54) is 7.11 Å². The summed E-state index contributed by atoms with van der Waals surface area (Å²) < 4.78 is 4.36. The van der Waals surface area contributed by atoms with E-state index in [9.17, 15) is 19.2 Å². The zero-order valence-corrected chi connectivity index (χ0v) is 12.6. The molecule has 1 unspecified atom stereocenters. The number of amides is 3. The van der Waals surface area contributed by atoms with Crippen LogP contribution in [0.5, 0.6) is 0 Å². The first kappa shape index (κ1) is 18.6. The molecule has 20 heavy (non-hydrogen) atoms. The van der Waals surface area contributed by atoms with Gasteiger partial charge in [0.25, 0.3) is 0 Å². The van der Waals surface area contributed by atoms with E-state index in [0.717, 1.165) is 0 Å². The van der Waals surface area contributed by atoms with E-state index in [-0.39, 0.29) is 24.6 Å². The van der Waals surface area contributed by atoms with Gasteiger partial charge in [0.15, 0.2) is 0 Å². The van der Waals surface area contributed by atoms with E-state index in [1.807, 2.05) is 0 Å². The normalized spacial score (nSPS) is 11.2. The Balaban J connectivity index is 4.18. The molecule has 0 heterocycles. The van der Waals surface area contributed by atoms with Crippen molar-refractivity contribution in [2.45, 2.75) is 6.04 Å². The minimum absolute atomic E-state index is 0.0388. The number of hydrogen-bond acceptors (Lipinski definition) is 7. The minimum Gasteiger partial charge on any atom is -0.468 e. The van der Waals surface area contributed by atoms with Crippen LogP contribution in [0.3, 0.4) is 0 Å². The molecule has 0 aliphatic rings. The van der Waals surface area contributed by atoms with Gasteiger partial charge in [-0.25, -0.2) is 0 Å². The van der Waals surface area contributed by atoms with Crippen molar-refractivity contribution < 1.29 is 23.9 Å². The standard InChI is InChI=1S/C10H17N3O5S2/c1-18-9(16)3-12-10(17)6(4-19)13-7(14)2-11-8(15)5-20/h6,19-20H,2-5H2,1H3,(H,11,15)(H,12,17)(H,13,14). The Labute approximate surface area is 127 Å². The minimum atomic E-state index is -0.914. The summed E-state index contributed by atoms with van der Waals surface area (Å²) in [6.45, 7) is -0.570. The molecule has 0 radical (unpaired) electrons. The third kappa shape index (κ3) is 7.89. The summed E-state index contributed by atoms with van der Waals surface area (Å²) in [6, 6.07) is -0.914. The van der Waals surface area contributed by atoms with Crippen LogP contribution in [0.2, 0.25) is 0 Å². The van der Waals surface area contributed by atoms with Crippen LogP contribution in [0, 0.1) is 0 Å². The van der Waals surface area contributed by atoms with Gasteiger partial charge in [0.2, 0.25) is 17.7 Å². The summed E-state index contributed by atoms with van der Waals surface area (Å²) in [5, 5.41) is 6.96. The average molecular weight is 323 g/mol. The first-order valence-electron chi connectivity index (χ1n) is 5.56. The van der Waals surface area contributed by atoms with Gasteiger partial charge in [0, 0.05) is 5.75 Å². The van der Waals surface area contributed by atoms with Crippen molar-refractivity contribution in [3.63, 3.8) is 0 Å². The summed E-state index contributed by atoms with van der Waals surface area (Å²) >= 11 is 7.66. The van der Waals surface area contributed by atoms with Crippen molar-refractivity contribution in [1.82, 2.24) is 16.0 Å². The van der Waals surface area contributed by atoms with Gasteiger partial charge >= 0.3 is 5.97 Å². The summed E-state index contributed by atoms with van der Waals surface area (Å²) in [6.07, 6.45) is 0. The molecule has 0 saturated heterocycles. The predicted molar refractivity (Wildman–Crippen MR) is 77.7 cm³/mol. The number of nitrogens with one attached hydrogen (secondary N) is 3. The topological polar surface area (TPSA) is 114 Å². The maximum absolute atomic E-state index is 11.6. The molecule has 10 heteroatoms. The van der Waals surface area contributed by atoms with Gasteiger partial charge in [-0.3, -0.25) is 19.2 Å². The number of ether oxygens (including phenoxy) is 1. The molecular weight excluding hydrogens is 306 g/mol. The van der Waals surface area contributed by atoms with Crippen molar-refractivity contribution in [2.24, 2.45) is 0 Å². The fraction of sp³-hybridized carbons (Fsp3) is 0.600. The van der Waals surface area contributed by atoms with Crippen LogP contribution in [-0.2, 0) is 23.9 Å². The number of carbonyl (C=O) groups excluding carboxylic acids is 4. The highest BCUT2D eigenvalue weighted by Gasteiger charge is 2.19. The molecule has 114 valence electrons. The molecule has 0 bridgehead atoms. The van der Waals surface area contributed by atoms with Gasteiger partial charge < -0.3 is 20.7 Å². The number of methoxy groups -OCH3 is 1. The molecule has 0 rings (SSSR count). The molecule has 0 aliphatic carbocycles. The lowest BCUT2D eigenvalue weighted by atomic mass is 10.3. The van der Waals surface area contributed by atoms with Gasteiger partial charge in [-0.1, -0.05) is 0 Å². The Morgan fingerprint density at radius 3 is 2.20 bits per heavy atom. The molecule has 0 aliphatic heterocycles. The summed E-state index contributed by atoms with van der Waals surface area (Å²) in [7, 11) is 1.19. The fourth-order valence-corrected chi connectivity index (χ4v) is 1.40. The number of thiol groups is 2. The molecule has 0 spiro atoms. The monoisotopic (exact) mass is 323 g/mol. The third-order valence-corrected chi connectivity index (χ3v) is 2.71. The molecule has 8 nitrogen and oxygen atoms in total. The average Bonchev–Trinajstić information content (AvgIpc) is 2.46. The van der Waals surface area contributed by atoms with E-state index in [0.29, 0.717) is 0 Å². The Morgan fingerprint density at radius 2 is 1.70 bits per heavy atom. The van der Waals surface area contributed by atoms with E-state index in [1.54, 1.807) is 0 Å². The second kappa shape index (κ2) is 10.4. The highest BCUT2D eigenvalue weighted by molar-refractivity contribution is 7.81. The molecule has 0 aromatic rings. The van der Waals surface area contributed by atoms with E-state index in [2.05, 4.69) is 45.9 Å². The SMILES string of the molecule is COC(=O)CNC(=O)C(CS)NC(=O)CNC(=O)CS. The van der Waals surface area contributed by atoms with Crippen LogP contribution in [-0.4, -0.2) is 61.4 Å². The zero-order chi connectivity index (χ0) is 15.5. The van der Waals surface area contributed by atoms with Crippen LogP contribution < -0.4 is 16.0 Å². The lowest BCUT2D eigenvalue weighted by Gasteiger charge is -2.16. The summed E-state index contributed by atoms with van der Waals surface area (Å²) in [5.41, 5.74) is 0. The Bertz CT molecular complexity index is 378. The molecule has 0 fully saturated rings. The summed E-state index contributed by atoms with van der Waals surface area (Å²) in [5.74, 6) is -2.13. The molecular formula is C10H17N3O5S2. The van der Waals surface area contributed by atoms with Crippen LogP contribution in [0.4, 0.5) is 0 Å². The number of carbonyl (C=O) groups is 4. The summed E-state index contributed by atoms with van der Waals surface area (Å²) in [4.78, 5) is 44.9. The zero-order valence-electron chi connectivity index (χ0n) is 10.8. The number of rotatable bonds is 8. The quantitative estimate of drug-likeness (QED) is 0.255. The first-order valence-corrected chi connectivity index (χ1v) is 6.83. The first-order chi connectivity index (χ1) is 9.44. The van der Waals surface area contributed by atoms with Crippen LogP contribution in [0.25, 0.3) is 0 Å². The predicted octanol–water partition coefficient (Wildman–Crippen LogP) is -2.26. The van der Waals surface area contributed by atoms with Crippen molar-refractivity contribution in [3.8, 4) is 0 Å². The third-order valence-electron chi connectivity index (χ3n) is 2.06. The Kier molecular flexibility index (Phi) is 9.64. The molecule has 0 aromatic carbocycles. The fourth-order valence-electron chi connectivity index (χ4n) is 1.03. The Morgan fingerprint density at radius 1 is 1.05 bits per heavy atom. The molecule has 1 atom stereocenters. The van der Waals surface area contributed by atoms with Crippen LogP contribution in [0.1, 0.15) is 0 Å². The van der Waals surface area contributed by atoms with Crippen molar-refractivity contribution in [3.05, 3.63) is 0 Å². The molecule has 3 amide bonds. The van der Waals surface area contributed by atoms with Gasteiger partial charge in [-0.05, 0) is 0 Å². The van der Waals surface area contributed by atoms with E-state index >= 15 is 0 Å². The van der Waals surface area contributed by atoms with Crippen LogP contribution in [0.15, 0.2) is 0 Å². The van der Waals surface area contributed by atoms with Crippen molar-refractivity contribution >= 4 is 48.9 Å². The van der Waals surface area contributed by atoms with Gasteiger partial charge in [0.1, 0.15) is 12.6 Å². The molecule has 3 N–H and O–H groups in total. The number of esters is 1. The molecule has 0 aromatic heterocycles. The van der Waals surface area contributed by atoms with Gasteiger partial charge in [-0.15, -0.1) is 0 Å². The lowest BCUT2D eigenvalue weighted by molar-refractivity contribution is -0.141. The maximum atomic E-state index is 11.6. The number of hydrogen-bond donors (Lipinski definition) is 5. The van der Waals surface area contributed by atoms with Crippen LogP contribution >= 0.6 is 25.3 Å². The van der Waals surface area contributed by atoms with Crippen molar-refractivity contribution in [1.29, 1.82) is 0 Å². The highest BCUT2D eigenvalue weighted by atomic mass is 32.1. The van der Waals surface area contributed by atoms with E-state index in [4.69, 9.17) is 0 Å². The lowest BCUT2D eigenvalue weighted by Crippen LogP contribution is -2.51. The maximum Gasteiger partial charge on any atom is 0.325 e. The van der Waals surface area contributed by atoms with E-state index < -0.39 is 29.7 Å². The molecule has 0 saturated carbocycles. The van der Waals surface area contributed by atoms with Gasteiger partial charge in [-0.2, -0.15) is 25.3 Å². The highest BCUT2D eigenvalue weighted by Crippen LogP contribution is 1.89.